The van der Waals surface area contributed by atoms with Gasteiger partial charge in [0.1, 0.15) is 11.5 Å². The van der Waals surface area contributed by atoms with Crippen LogP contribution < -0.4 is 4.74 Å². The second-order valence-corrected chi connectivity index (χ2v) is 10.3. The van der Waals surface area contributed by atoms with E-state index in [1.165, 1.54) is 5.56 Å². The highest BCUT2D eigenvalue weighted by molar-refractivity contribution is 6.17. The lowest BCUT2D eigenvalue weighted by atomic mass is 9.66. The quantitative estimate of drug-likeness (QED) is 0.598. The van der Waals surface area contributed by atoms with Gasteiger partial charge in [-0.1, -0.05) is 48.0 Å². The van der Waals surface area contributed by atoms with Crippen LogP contribution in [0.15, 0.2) is 72.5 Å². The fraction of sp³-hybridized carbons (Fsp3) is 0.379. The maximum Gasteiger partial charge on any atom is 0.170 e. The Labute approximate surface area is 194 Å². The molecule has 0 heterocycles. The van der Waals surface area contributed by atoms with E-state index in [-0.39, 0.29) is 23.4 Å². The van der Waals surface area contributed by atoms with E-state index in [9.17, 15) is 9.59 Å². The summed E-state index contributed by atoms with van der Waals surface area (Å²) in [6.07, 6.45) is 9.31. The summed E-state index contributed by atoms with van der Waals surface area (Å²) in [5.74, 6) is 1.29. The molecule has 2 aromatic carbocycles. The second kappa shape index (κ2) is 7.26. The van der Waals surface area contributed by atoms with Gasteiger partial charge in [0.2, 0.25) is 0 Å². The number of allylic oxidation sites excluding steroid dienone is 1. The average molecular weight is 441 g/mol. The topological polar surface area (TPSA) is 52.6 Å². The van der Waals surface area contributed by atoms with E-state index < -0.39 is 17.1 Å². The summed E-state index contributed by atoms with van der Waals surface area (Å²) in [5, 5.41) is 0. The highest BCUT2D eigenvalue weighted by Gasteiger charge is 2.66. The van der Waals surface area contributed by atoms with E-state index in [1.54, 1.807) is 12.1 Å². The summed E-state index contributed by atoms with van der Waals surface area (Å²) in [5.41, 5.74) is 1.14. The van der Waals surface area contributed by atoms with Crippen LogP contribution in [0.1, 0.15) is 58.9 Å². The van der Waals surface area contributed by atoms with Gasteiger partial charge in [0.25, 0.3) is 0 Å². The minimum absolute atomic E-state index is 0.0764. The molecule has 0 radical (unpaired) electrons. The average Bonchev–Trinajstić information content (AvgIpc) is 3.35. The summed E-state index contributed by atoms with van der Waals surface area (Å²) >= 11 is 0. The molecule has 5 atom stereocenters. The van der Waals surface area contributed by atoms with Crippen molar-refractivity contribution in [2.75, 3.05) is 0 Å². The minimum atomic E-state index is -0.598. The standard InChI is InChI=1S/C29H28O4/c1-18-9-11-20(12-10-18)32-21-6-5-14-28(2,17-21)33-29-15-13-19(16-29)24-25(29)27(31)23-8-4-3-7-22(23)26(24)30/h3-12,17,19,24-25H,13-16H2,1-2H3. The largest absolute Gasteiger partial charge is 0.458 e. The molecule has 2 saturated carbocycles. The summed E-state index contributed by atoms with van der Waals surface area (Å²) < 4.78 is 13.0. The lowest BCUT2D eigenvalue weighted by molar-refractivity contribution is -0.139. The Morgan fingerprint density at radius 3 is 2.45 bits per heavy atom. The van der Waals surface area contributed by atoms with Crippen molar-refractivity contribution in [2.45, 2.75) is 50.7 Å². The van der Waals surface area contributed by atoms with E-state index in [0.29, 0.717) is 17.5 Å². The first-order valence-corrected chi connectivity index (χ1v) is 11.9. The van der Waals surface area contributed by atoms with E-state index in [4.69, 9.17) is 9.47 Å². The van der Waals surface area contributed by atoms with Crippen LogP contribution in [0, 0.1) is 24.7 Å². The Balaban J connectivity index is 1.31. The van der Waals surface area contributed by atoms with Crippen molar-refractivity contribution in [1.82, 2.24) is 0 Å². The van der Waals surface area contributed by atoms with Crippen molar-refractivity contribution >= 4 is 11.6 Å². The number of ketones is 2. The lowest BCUT2D eigenvalue weighted by Crippen LogP contribution is -2.52. The van der Waals surface area contributed by atoms with Crippen molar-refractivity contribution in [3.63, 3.8) is 0 Å². The molecule has 168 valence electrons. The van der Waals surface area contributed by atoms with Crippen molar-refractivity contribution in [2.24, 2.45) is 17.8 Å². The highest BCUT2D eigenvalue weighted by Crippen LogP contribution is 2.61. The first kappa shape index (κ1) is 20.6. The van der Waals surface area contributed by atoms with Crippen LogP contribution in [0.3, 0.4) is 0 Å². The molecule has 0 aliphatic heterocycles. The van der Waals surface area contributed by atoms with Gasteiger partial charge in [-0.3, -0.25) is 9.59 Å². The predicted octanol–water partition coefficient (Wildman–Crippen LogP) is 5.86. The van der Waals surface area contributed by atoms with Crippen molar-refractivity contribution in [3.8, 4) is 5.75 Å². The number of benzene rings is 2. The second-order valence-electron chi connectivity index (χ2n) is 10.3. The van der Waals surface area contributed by atoms with E-state index in [0.717, 1.165) is 30.8 Å². The highest BCUT2D eigenvalue weighted by atomic mass is 16.5. The van der Waals surface area contributed by atoms with E-state index in [2.05, 4.69) is 13.0 Å². The summed E-state index contributed by atoms with van der Waals surface area (Å²) in [7, 11) is 0. The minimum Gasteiger partial charge on any atom is -0.458 e. The molecule has 0 amide bonds. The number of carbonyl (C=O) groups excluding carboxylic acids is 2. The van der Waals surface area contributed by atoms with Gasteiger partial charge in [-0.15, -0.1) is 0 Å². The molecule has 4 nitrogen and oxygen atoms in total. The molecule has 0 aromatic heterocycles. The molecule has 0 N–H and O–H groups in total. The van der Waals surface area contributed by atoms with Gasteiger partial charge in [-0.05, 0) is 69.7 Å². The number of ether oxygens (including phenoxy) is 2. The normalized spacial score (nSPS) is 34.1. The predicted molar refractivity (Wildman–Crippen MR) is 125 cm³/mol. The van der Waals surface area contributed by atoms with Crippen LogP contribution in [0.25, 0.3) is 0 Å². The number of carbonyl (C=O) groups is 2. The SMILES string of the molecule is Cc1ccc(OC2=CC(C)(OC34CCC(C3)C3C(=O)c5ccccc5C(=O)C34)CC=C2)cc1. The molecular formula is C29H28O4. The zero-order chi connectivity index (χ0) is 22.8. The summed E-state index contributed by atoms with van der Waals surface area (Å²) in [6, 6.07) is 15.3. The molecule has 0 spiro atoms. The van der Waals surface area contributed by atoms with Crippen LogP contribution >= 0.6 is 0 Å². The van der Waals surface area contributed by atoms with Gasteiger partial charge in [0.05, 0.1) is 17.1 Å². The Hall–Kier alpha value is -2.98. The van der Waals surface area contributed by atoms with Gasteiger partial charge in [0.15, 0.2) is 11.6 Å². The van der Waals surface area contributed by atoms with Crippen LogP contribution in [0.4, 0.5) is 0 Å². The molecular weight excluding hydrogens is 412 g/mol. The van der Waals surface area contributed by atoms with Gasteiger partial charge in [-0.25, -0.2) is 0 Å². The number of fused-ring (bicyclic) bond motifs is 6. The number of hydrogen-bond acceptors (Lipinski definition) is 4. The lowest BCUT2D eigenvalue weighted by Gasteiger charge is -2.45. The third kappa shape index (κ3) is 3.23. The molecule has 0 saturated heterocycles. The van der Waals surface area contributed by atoms with Crippen LogP contribution in [-0.4, -0.2) is 22.8 Å². The first-order valence-electron chi connectivity index (χ1n) is 11.9. The van der Waals surface area contributed by atoms with E-state index in [1.807, 2.05) is 55.5 Å². The molecule has 33 heavy (non-hydrogen) atoms. The third-order valence-electron chi connectivity index (χ3n) is 7.97. The van der Waals surface area contributed by atoms with Crippen molar-refractivity contribution in [1.29, 1.82) is 0 Å². The van der Waals surface area contributed by atoms with Crippen LogP contribution in [-0.2, 0) is 4.74 Å². The molecule has 2 aromatic rings. The fourth-order valence-corrected chi connectivity index (χ4v) is 6.61. The molecule has 2 fully saturated rings. The van der Waals surface area contributed by atoms with Gasteiger partial charge >= 0.3 is 0 Å². The molecule has 6 rings (SSSR count). The van der Waals surface area contributed by atoms with E-state index >= 15 is 0 Å². The van der Waals surface area contributed by atoms with Crippen molar-refractivity contribution in [3.05, 3.63) is 89.2 Å². The van der Waals surface area contributed by atoms with Crippen molar-refractivity contribution < 1.29 is 19.1 Å². The Bertz CT molecular complexity index is 1210. The first-order chi connectivity index (χ1) is 15.9. The maximum absolute atomic E-state index is 13.6. The molecule has 4 aliphatic carbocycles. The molecule has 5 unspecified atom stereocenters. The van der Waals surface area contributed by atoms with Crippen LogP contribution in [0.5, 0.6) is 5.75 Å². The Morgan fingerprint density at radius 1 is 0.970 bits per heavy atom. The van der Waals surface area contributed by atoms with Gasteiger partial charge in [-0.2, -0.15) is 0 Å². The number of rotatable bonds is 4. The third-order valence-corrected chi connectivity index (χ3v) is 7.97. The Morgan fingerprint density at radius 2 is 1.70 bits per heavy atom. The molecule has 4 heteroatoms. The van der Waals surface area contributed by atoms with Gasteiger partial charge in [0, 0.05) is 17.0 Å². The number of hydrogen-bond donors (Lipinski definition) is 0. The number of Topliss-reactive ketones (excluding diaryl/α,β-unsaturated/α-hetero) is 2. The molecule has 4 aliphatic rings. The maximum atomic E-state index is 13.6. The van der Waals surface area contributed by atoms with Crippen LogP contribution in [0.2, 0.25) is 0 Å². The zero-order valence-electron chi connectivity index (χ0n) is 19.0. The number of aryl methyl sites for hydroxylation is 1. The zero-order valence-corrected chi connectivity index (χ0v) is 19.0. The monoisotopic (exact) mass is 440 g/mol. The summed E-state index contributed by atoms with van der Waals surface area (Å²) in [6.45, 7) is 4.11. The molecule has 2 bridgehead atoms. The fourth-order valence-electron chi connectivity index (χ4n) is 6.61. The van der Waals surface area contributed by atoms with Gasteiger partial charge < -0.3 is 9.47 Å². The smallest absolute Gasteiger partial charge is 0.170 e. The summed E-state index contributed by atoms with van der Waals surface area (Å²) in [4.78, 5) is 27.0. The Kier molecular flexibility index (Phi) is 4.54.